The van der Waals surface area contributed by atoms with E-state index in [2.05, 4.69) is 38.0 Å². The molecule has 1 atom stereocenters. The summed E-state index contributed by atoms with van der Waals surface area (Å²) in [6, 6.07) is 3.31. The van der Waals surface area contributed by atoms with Gasteiger partial charge in [0, 0.05) is 11.1 Å². The van der Waals surface area contributed by atoms with Crippen LogP contribution in [0.4, 0.5) is 4.39 Å². The summed E-state index contributed by atoms with van der Waals surface area (Å²) in [7, 11) is 0. The van der Waals surface area contributed by atoms with E-state index in [0.29, 0.717) is 5.56 Å². The van der Waals surface area contributed by atoms with Gasteiger partial charge in [-0.05, 0) is 58.0 Å². The quantitative estimate of drug-likeness (QED) is 0.622. The Balaban J connectivity index is 3.33. The van der Waals surface area contributed by atoms with E-state index in [-0.39, 0.29) is 17.4 Å². The molecule has 0 spiro atoms. The van der Waals surface area contributed by atoms with Gasteiger partial charge in [-0.25, -0.2) is 4.39 Å². The Labute approximate surface area is 122 Å². The van der Waals surface area contributed by atoms with Crippen molar-refractivity contribution in [3.05, 3.63) is 34.6 Å². The van der Waals surface area contributed by atoms with Crippen LogP contribution in [0.1, 0.15) is 50.4 Å². The van der Waals surface area contributed by atoms with Crippen molar-refractivity contribution in [1.82, 2.24) is 10.3 Å². The third-order valence-corrected chi connectivity index (χ3v) is 4.22. The molecule has 3 nitrogen and oxygen atoms in total. The Morgan fingerprint density at radius 3 is 2.20 bits per heavy atom. The van der Waals surface area contributed by atoms with E-state index >= 15 is 0 Å². The number of nitrogens with one attached hydrogen (secondary N) is 1. The predicted molar refractivity (Wildman–Crippen MR) is 82.9 cm³/mol. The first kappa shape index (κ1) is 17.1. The molecule has 0 bridgehead atoms. The number of halogens is 1. The molecule has 0 saturated carbocycles. The summed E-state index contributed by atoms with van der Waals surface area (Å²) in [6.45, 7) is 14.1. The topological polar surface area (TPSA) is 41.3 Å². The Bertz CT molecular complexity index is 430. The number of nitrogens with two attached hydrogens (primary N) is 1. The molecule has 0 saturated heterocycles. The summed E-state index contributed by atoms with van der Waals surface area (Å²) in [6.07, 6.45) is 0. The highest BCUT2D eigenvalue weighted by atomic mass is 19.1. The lowest BCUT2D eigenvalue weighted by atomic mass is 9.84. The molecule has 0 heterocycles. The van der Waals surface area contributed by atoms with Crippen LogP contribution in [0, 0.1) is 19.7 Å². The van der Waals surface area contributed by atoms with Crippen molar-refractivity contribution in [2.45, 2.75) is 53.1 Å². The van der Waals surface area contributed by atoms with Crippen molar-refractivity contribution < 1.29 is 4.39 Å². The molecule has 1 rings (SSSR count). The van der Waals surface area contributed by atoms with Crippen molar-refractivity contribution in [3.63, 3.8) is 0 Å². The molecule has 1 aromatic rings. The first-order valence-corrected chi connectivity index (χ1v) is 7.27. The van der Waals surface area contributed by atoms with Gasteiger partial charge in [0.05, 0.1) is 6.04 Å². The third-order valence-electron chi connectivity index (χ3n) is 4.22. The largest absolute Gasteiger partial charge is 0.297 e. The van der Waals surface area contributed by atoms with Crippen molar-refractivity contribution in [3.8, 4) is 0 Å². The molecule has 0 fully saturated rings. The average molecular weight is 281 g/mol. The van der Waals surface area contributed by atoms with Crippen LogP contribution in [-0.4, -0.2) is 23.5 Å². The molecule has 1 unspecified atom stereocenters. The number of hydrogen-bond donors (Lipinski definition) is 2. The van der Waals surface area contributed by atoms with Gasteiger partial charge in [-0.2, -0.15) is 0 Å². The number of likely N-dealkylation sites (N-methyl/N-ethyl adjacent to an activating group) is 1. The van der Waals surface area contributed by atoms with E-state index in [1.54, 1.807) is 6.07 Å². The maximum atomic E-state index is 14.4. The van der Waals surface area contributed by atoms with Gasteiger partial charge in [0.2, 0.25) is 0 Å². The molecule has 0 aliphatic heterocycles. The molecule has 0 aliphatic carbocycles. The number of benzene rings is 1. The van der Waals surface area contributed by atoms with Gasteiger partial charge >= 0.3 is 0 Å². The van der Waals surface area contributed by atoms with Gasteiger partial charge in [-0.1, -0.05) is 19.9 Å². The zero-order chi connectivity index (χ0) is 15.5. The van der Waals surface area contributed by atoms with Crippen LogP contribution in [-0.2, 0) is 0 Å². The Kier molecular flexibility index (Phi) is 5.68. The van der Waals surface area contributed by atoms with Gasteiger partial charge in [-0.3, -0.25) is 16.2 Å². The Morgan fingerprint density at radius 2 is 1.80 bits per heavy atom. The van der Waals surface area contributed by atoms with E-state index in [0.717, 1.165) is 24.2 Å². The second-order valence-electron chi connectivity index (χ2n) is 5.90. The first-order chi connectivity index (χ1) is 9.29. The fourth-order valence-corrected chi connectivity index (χ4v) is 3.15. The molecule has 4 heteroatoms. The van der Waals surface area contributed by atoms with Crippen LogP contribution in [0.3, 0.4) is 0 Å². The smallest absolute Gasteiger partial charge is 0.128 e. The number of rotatable bonds is 6. The van der Waals surface area contributed by atoms with Gasteiger partial charge in [0.15, 0.2) is 0 Å². The summed E-state index contributed by atoms with van der Waals surface area (Å²) in [5.74, 6) is 5.58. The maximum Gasteiger partial charge on any atom is 0.128 e. The molecule has 20 heavy (non-hydrogen) atoms. The predicted octanol–water partition coefficient (Wildman–Crippen LogP) is 3.07. The fraction of sp³-hybridized carbons (Fsp3) is 0.625. The minimum Gasteiger partial charge on any atom is -0.297 e. The molecule has 3 N–H and O–H groups in total. The SMILES string of the molecule is CCN(CC)C(C)(C)C(NN)c1c(C)cc(C)cc1F. The van der Waals surface area contributed by atoms with Crippen LogP contribution >= 0.6 is 0 Å². The second-order valence-corrected chi connectivity index (χ2v) is 5.90. The minimum absolute atomic E-state index is 0.189. The molecule has 0 amide bonds. The van der Waals surface area contributed by atoms with Crippen LogP contribution in [0.15, 0.2) is 12.1 Å². The standard InChI is InChI=1S/C16H28FN3/c1-7-20(8-2)16(5,6)15(19-18)14-12(4)9-11(3)10-13(14)17/h9-10,15,19H,7-8,18H2,1-6H3. The van der Waals surface area contributed by atoms with Gasteiger partial charge in [-0.15, -0.1) is 0 Å². The first-order valence-electron chi connectivity index (χ1n) is 7.27. The zero-order valence-corrected chi connectivity index (χ0v) is 13.5. The van der Waals surface area contributed by atoms with Gasteiger partial charge in [0.1, 0.15) is 5.82 Å². The molecule has 0 radical (unpaired) electrons. The summed E-state index contributed by atoms with van der Waals surface area (Å²) < 4.78 is 14.4. The Morgan fingerprint density at radius 1 is 1.25 bits per heavy atom. The summed E-state index contributed by atoms with van der Waals surface area (Å²) >= 11 is 0. The molecule has 0 aliphatic rings. The Hall–Kier alpha value is -0.970. The van der Waals surface area contributed by atoms with Gasteiger partial charge in [0.25, 0.3) is 0 Å². The fourth-order valence-electron chi connectivity index (χ4n) is 3.15. The van der Waals surface area contributed by atoms with E-state index in [1.807, 2.05) is 19.9 Å². The number of nitrogens with zero attached hydrogens (tertiary/aromatic N) is 1. The normalized spacial score (nSPS) is 13.8. The van der Waals surface area contributed by atoms with E-state index in [9.17, 15) is 4.39 Å². The van der Waals surface area contributed by atoms with E-state index in [1.165, 1.54) is 0 Å². The maximum absolute atomic E-state index is 14.4. The van der Waals surface area contributed by atoms with Crippen LogP contribution in [0.5, 0.6) is 0 Å². The molecule has 1 aromatic carbocycles. The summed E-state index contributed by atoms with van der Waals surface area (Å²) in [5.41, 5.74) is 5.08. The van der Waals surface area contributed by atoms with Crippen molar-refractivity contribution in [2.24, 2.45) is 5.84 Å². The van der Waals surface area contributed by atoms with Crippen molar-refractivity contribution in [2.75, 3.05) is 13.1 Å². The van der Waals surface area contributed by atoms with Crippen LogP contribution in [0.25, 0.3) is 0 Å². The third kappa shape index (κ3) is 3.19. The molecular formula is C16H28FN3. The lowest BCUT2D eigenvalue weighted by Gasteiger charge is -2.43. The van der Waals surface area contributed by atoms with Crippen LogP contribution in [0.2, 0.25) is 0 Å². The minimum atomic E-state index is -0.279. The number of hydrogen-bond acceptors (Lipinski definition) is 3. The molecule has 114 valence electrons. The summed E-state index contributed by atoms with van der Waals surface area (Å²) in [5, 5.41) is 0. The highest BCUT2D eigenvalue weighted by Crippen LogP contribution is 2.34. The highest BCUT2D eigenvalue weighted by molar-refractivity contribution is 5.36. The molecule has 0 aromatic heterocycles. The highest BCUT2D eigenvalue weighted by Gasteiger charge is 2.36. The van der Waals surface area contributed by atoms with Gasteiger partial charge < -0.3 is 0 Å². The monoisotopic (exact) mass is 281 g/mol. The zero-order valence-electron chi connectivity index (χ0n) is 13.5. The number of aryl methyl sites for hydroxylation is 2. The molecular weight excluding hydrogens is 253 g/mol. The van der Waals surface area contributed by atoms with E-state index in [4.69, 9.17) is 5.84 Å². The van der Waals surface area contributed by atoms with Crippen LogP contribution < -0.4 is 11.3 Å². The van der Waals surface area contributed by atoms with E-state index < -0.39 is 0 Å². The lowest BCUT2D eigenvalue weighted by Crippen LogP contribution is -2.54. The van der Waals surface area contributed by atoms with Crippen molar-refractivity contribution in [1.29, 1.82) is 0 Å². The lowest BCUT2D eigenvalue weighted by molar-refractivity contribution is 0.0894. The second kappa shape index (κ2) is 6.66. The average Bonchev–Trinajstić information content (AvgIpc) is 2.34. The number of hydrazine groups is 1. The van der Waals surface area contributed by atoms with Crippen molar-refractivity contribution >= 4 is 0 Å². The summed E-state index contributed by atoms with van der Waals surface area (Å²) in [4.78, 5) is 2.29.